The first-order chi connectivity index (χ1) is 25.8. The summed E-state index contributed by atoms with van der Waals surface area (Å²) < 4.78 is 34.0. The molecule has 18 nitrogen and oxygen atoms in total. The van der Waals surface area contributed by atoms with Gasteiger partial charge in [0.15, 0.2) is 11.9 Å². The summed E-state index contributed by atoms with van der Waals surface area (Å²) in [6.45, 7) is -1.52. The summed E-state index contributed by atoms with van der Waals surface area (Å²) in [5, 5.41) is 101. The van der Waals surface area contributed by atoms with Crippen molar-refractivity contribution in [3.05, 3.63) is 82.5 Å². The van der Waals surface area contributed by atoms with Crippen LogP contribution in [0.25, 0.3) is 28.4 Å². The van der Waals surface area contributed by atoms with E-state index in [1.54, 1.807) is 0 Å². The van der Waals surface area contributed by atoms with Crippen molar-refractivity contribution in [2.45, 2.75) is 61.4 Å². The average molecular weight is 757 g/mol. The lowest BCUT2D eigenvalue weighted by molar-refractivity contribution is -0.281. The summed E-state index contributed by atoms with van der Waals surface area (Å²) in [7, 11) is 0. The Balaban J connectivity index is 1.35. The van der Waals surface area contributed by atoms with Gasteiger partial charge in [0.1, 0.15) is 76.7 Å². The lowest BCUT2D eigenvalue weighted by atomic mass is 9.99. The van der Waals surface area contributed by atoms with Gasteiger partial charge in [0.2, 0.25) is 23.8 Å². The zero-order chi connectivity index (χ0) is 38.8. The zero-order valence-electron chi connectivity index (χ0n) is 27.9. The molecule has 0 saturated carbocycles. The van der Waals surface area contributed by atoms with Crippen LogP contribution in [0.4, 0.5) is 0 Å². The van der Waals surface area contributed by atoms with Crippen LogP contribution < -0.4 is 14.9 Å². The molecule has 10 N–H and O–H groups in total. The van der Waals surface area contributed by atoms with E-state index < -0.39 is 109 Å². The molecular weight excluding hydrogens is 720 g/mol. The van der Waals surface area contributed by atoms with Crippen LogP contribution in [0, 0.1) is 0 Å². The minimum atomic E-state index is -1.92. The highest BCUT2D eigenvalue weighted by molar-refractivity contribution is 5.88. The Morgan fingerprint density at radius 2 is 1.35 bits per heavy atom. The lowest BCUT2D eigenvalue weighted by Gasteiger charge is -2.41. The molecule has 10 atom stereocenters. The first-order valence-electron chi connectivity index (χ1n) is 16.4. The molecule has 1 aromatic heterocycles. The van der Waals surface area contributed by atoms with Crippen molar-refractivity contribution in [2.75, 3.05) is 13.2 Å². The molecule has 288 valence electrons. The van der Waals surface area contributed by atoms with Crippen LogP contribution in [0.1, 0.15) is 5.56 Å². The van der Waals surface area contributed by atoms with Crippen molar-refractivity contribution in [2.24, 2.45) is 0 Å². The van der Waals surface area contributed by atoms with E-state index in [4.69, 9.17) is 28.1 Å². The Labute approximate surface area is 304 Å². The Bertz CT molecular complexity index is 2030. The molecule has 0 spiro atoms. The van der Waals surface area contributed by atoms with Crippen LogP contribution in [-0.2, 0) is 19.0 Å². The van der Waals surface area contributed by atoms with Gasteiger partial charge in [-0.1, -0.05) is 12.1 Å². The molecule has 0 unspecified atom stereocenters. The third-order valence-corrected chi connectivity index (χ3v) is 8.75. The van der Waals surface area contributed by atoms with E-state index >= 15 is 0 Å². The number of carbonyl (C=O) groups is 1. The van der Waals surface area contributed by atoms with Gasteiger partial charge in [0.25, 0.3) is 0 Å². The number of hydrogen-bond acceptors (Lipinski definition) is 18. The molecule has 3 heterocycles. The number of esters is 1. The fraction of sp³-hybridized carbons (Fsp3) is 0.333. The van der Waals surface area contributed by atoms with Crippen molar-refractivity contribution in [1.82, 2.24) is 0 Å². The molecule has 0 amide bonds. The highest BCUT2D eigenvalue weighted by Gasteiger charge is 2.49. The van der Waals surface area contributed by atoms with Crippen LogP contribution in [-0.4, -0.2) is 132 Å². The molecule has 0 bridgehead atoms. The number of rotatable bonds is 10. The standard InChI is InChI=1S/C36H36O18/c37-13-22-26(43)29(46)31(48)35(51-22)49-19-8-4-16(5-9-19)32-33(28(45)25-20(41)11-18(40)12-21(25)50-32)54-36-34(30(47)27(44)23(14-38)52-36)53-24(42)10-3-15-1-6-17(39)7-2-15/h1-12,22-23,26-27,29-31,34-41,43-44,46-48H,13-14H2/b10-3+/t22-,23-,26-,27-,29+,30+,31-,34-,35-,36+/m1/s1. The van der Waals surface area contributed by atoms with Crippen molar-refractivity contribution in [1.29, 1.82) is 0 Å². The molecular formula is C36H36O18. The fourth-order valence-electron chi connectivity index (χ4n) is 5.86. The summed E-state index contributed by atoms with van der Waals surface area (Å²) in [6, 6.07) is 13.0. The molecule has 2 fully saturated rings. The summed E-state index contributed by atoms with van der Waals surface area (Å²) in [5.74, 6) is -3.20. The van der Waals surface area contributed by atoms with E-state index in [0.29, 0.717) is 5.56 Å². The molecule has 2 aliphatic heterocycles. The number of hydrogen-bond donors (Lipinski definition) is 10. The highest BCUT2D eigenvalue weighted by atomic mass is 16.7. The largest absolute Gasteiger partial charge is 0.508 e. The maximum Gasteiger partial charge on any atom is 0.331 e. The minimum Gasteiger partial charge on any atom is -0.508 e. The van der Waals surface area contributed by atoms with Gasteiger partial charge < -0.3 is 79.2 Å². The molecule has 4 aromatic rings. The third kappa shape index (κ3) is 7.82. The van der Waals surface area contributed by atoms with E-state index in [1.165, 1.54) is 54.6 Å². The first-order valence-corrected chi connectivity index (χ1v) is 16.4. The van der Waals surface area contributed by atoms with Crippen LogP contribution in [0.5, 0.6) is 28.7 Å². The normalized spacial score (nSPS) is 28.6. The Kier molecular flexibility index (Phi) is 11.4. The monoisotopic (exact) mass is 756 g/mol. The second-order valence-electron chi connectivity index (χ2n) is 12.4. The number of aromatic hydroxyl groups is 3. The van der Waals surface area contributed by atoms with Gasteiger partial charge in [-0.15, -0.1) is 0 Å². The lowest BCUT2D eigenvalue weighted by Crippen LogP contribution is -2.61. The van der Waals surface area contributed by atoms with E-state index in [9.17, 15) is 60.7 Å². The molecule has 2 saturated heterocycles. The number of phenolic OH excluding ortho intramolecular Hbond substituents is 3. The number of benzene rings is 3. The van der Waals surface area contributed by atoms with Crippen molar-refractivity contribution in [3.63, 3.8) is 0 Å². The van der Waals surface area contributed by atoms with Crippen LogP contribution in [0.3, 0.4) is 0 Å². The number of aliphatic hydroxyl groups excluding tert-OH is 7. The third-order valence-electron chi connectivity index (χ3n) is 8.75. The zero-order valence-corrected chi connectivity index (χ0v) is 27.9. The first kappa shape index (κ1) is 38.4. The number of phenols is 3. The van der Waals surface area contributed by atoms with Gasteiger partial charge in [0.05, 0.1) is 13.2 Å². The second kappa shape index (κ2) is 16.0. The molecule has 54 heavy (non-hydrogen) atoms. The molecule has 18 heteroatoms. The van der Waals surface area contributed by atoms with Crippen molar-refractivity contribution < 1.29 is 84.0 Å². The summed E-state index contributed by atoms with van der Waals surface area (Å²) >= 11 is 0. The number of carbonyl (C=O) groups excluding carboxylic acids is 1. The Hall–Kier alpha value is -5.28. The molecule has 0 aliphatic carbocycles. The van der Waals surface area contributed by atoms with E-state index in [1.807, 2.05) is 0 Å². The van der Waals surface area contributed by atoms with Crippen LogP contribution in [0.2, 0.25) is 0 Å². The molecule has 3 aromatic carbocycles. The fourth-order valence-corrected chi connectivity index (χ4v) is 5.86. The summed E-state index contributed by atoms with van der Waals surface area (Å²) in [5.41, 5.74) is -0.731. The van der Waals surface area contributed by atoms with Gasteiger partial charge in [0, 0.05) is 23.8 Å². The predicted octanol–water partition coefficient (Wildman–Crippen LogP) is -0.802. The van der Waals surface area contributed by atoms with Crippen LogP contribution in [0.15, 0.2) is 76.0 Å². The quantitative estimate of drug-likeness (QED) is 0.0700. The van der Waals surface area contributed by atoms with Gasteiger partial charge in [-0.25, -0.2) is 4.79 Å². The van der Waals surface area contributed by atoms with Gasteiger partial charge in [-0.3, -0.25) is 4.79 Å². The number of fused-ring (bicyclic) bond motifs is 1. The van der Waals surface area contributed by atoms with Crippen molar-refractivity contribution >= 4 is 23.0 Å². The van der Waals surface area contributed by atoms with Crippen molar-refractivity contribution in [3.8, 4) is 40.1 Å². The van der Waals surface area contributed by atoms with E-state index in [-0.39, 0.29) is 28.4 Å². The SMILES string of the molecule is O=C(/C=C/c1ccc(O)cc1)O[C@H]1[C@H](Oc2c(-c3ccc(O[C@@H]4O[C@H](CO)[C@@H](O)[C@H](O)[C@H]4O)cc3)oc3cc(O)cc(O)c3c2=O)O[C@H](CO)[C@@H](O)[C@@H]1O. The topological polar surface area (TPSA) is 296 Å². The van der Waals surface area contributed by atoms with Gasteiger partial charge >= 0.3 is 5.97 Å². The molecule has 2 aliphatic rings. The average Bonchev–Trinajstić information content (AvgIpc) is 3.15. The second-order valence-corrected chi connectivity index (χ2v) is 12.4. The smallest absolute Gasteiger partial charge is 0.331 e. The van der Waals surface area contributed by atoms with Gasteiger partial charge in [-0.05, 0) is 48.0 Å². The van der Waals surface area contributed by atoms with E-state index in [0.717, 1.165) is 18.2 Å². The number of ether oxygens (including phenoxy) is 5. The van der Waals surface area contributed by atoms with E-state index in [2.05, 4.69) is 0 Å². The minimum absolute atomic E-state index is 0.00960. The van der Waals surface area contributed by atoms with Crippen LogP contribution >= 0.6 is 0 Å². The maximum absolute atomic E-state index is 14.0. The van der Waals surface area contributed by atoms with Gasteiger partial charge in [-0.2, -0.15) is 0 Å². The predicted molar refractivity (Wildman–Crippen MR) is 181 cm³/mol. The highest BCUT2D eigenvalue weighted by Crippen LogP contribution is 2.38. The Morgan fingerprint density at radius 1 is 0.722 bits per heavy atom. The maximum atomic E-state index is 14.0. The molecule has 0 radical (unpaired) electrons. The Morgan fingerprint density at radius 3 is 2.00 bits per heavy atom. The summed E-state index contributed by atoms with van der Waals surface area (Å²) in [4.78, 5) is 26.9. The summed E-state index contributed by atoms with van der Waals surface area (Å²) in [6.07, 6.45) is -14.4. The number of aliphatic hydroxyl groups is 7. The molecule has 6 rings (SSSR count).